The highest BCUT2D eigenvalue weighted by Crippen LogP contribution is 2.28. The van der Waals surface area contributed by atoms with Gasteiger partial charge in [0, 0.05) is 12.1 Å². The summed E-state index contributed by atoms with van der Waals surface area (Å²) < 4.78 is 5.39. The van der Waals surface area contributed by atoms with Crippen molar-refractivity contribution in [2.45, 2.75) is 19.9 Å². The van der Waals surface area contributed by atoms with Gasteiger partial charge in [0.1, 0.15) is 11.6 Å². The highest BCUT2D eigenvalue weighted by molar-refractivity contribution is 5.65. The van der Waals surface area contributed by atoms with Gasteiger partial charge in [-0.05, 0) is 37.6 Å². The summed E-state index contributed by atoms with van der Waals surface area (Å²) in [6.45, 7) is 3.46. The van der Waals surface area contributed by atoms with Gasteiger partial charge in [-0.2, -0.15) is 0 Å². The minimum atomic E-state index is -0.0471. The normalized spacial score (nSPS) is 13.9. The molecule has 0 unspecified atom stereocenters. The predicted molar refractivity (Wildman–Crippen MR) is 77.0 cm³/mol. The molecule has 0 bridgehead atoms. The number of nitrogens with one attached hydrogen (secondary N) is 2. The molecule has 0 amide bonds. The van der Waals surface area contributed by atoms with Gasteiger partial charge in [-0.3, -0.25) is 4.79 Å². The Bertz CT molecular complexity index is 707. The van der Waals surface area contributed by atoms with Crippen molar-refractivity contribution in [3.8, 4) is 17.1 Å². The van der Waals surface area contributed by atoms with Crippen molar-refractivity contribution >= 4 is 0 Å². The molecular weight excluding hydrogens is 254 g/mol. The van der Waals surface area contributed by atoms with Crippen LogP contribution < -0.4 is 15.6 Å². The molecule has 1 aromatic heterocycles. The molecule has 1 aliphatic rings. The topological polar surface area (TPSA) is 67.0 Å². The van der Waals surface area contributed by atoms with E-state index in [1.807, 2.05) is 25.1 Å². The van der Waals surface area contributed by atoms with Crippen LogP contribution in [0.4, 0.5) is 0 Å². The third kappa shape index (κ3) is 2.20. The fourth-order valence-electron chi connectivity index (χ4n) is 2.49. The van der Waals surface area contributed by atoms with E-state index in [9.17, 15) is 4.79 Å². The minimum absolute atomic E-state index is 0.0471. The van der Waals surface area contributed by atoms with Crippen LogP contribution in [0.2, 0.25) is 0 Å². The Labute approximate surface area is 117 Å². The van der Waals surface area contributed by atoms with Crippen LogP contribution in [0.5, 0.6) is 5.75 Å². The van der Waals surface area contributed by atoms with Gasteiger partial charge in [0.2, 0.25) is 0 Å². The maximum absolute atomic E-state index is 12.2. The summed E-state index contributed by atoms with van der Waals surface area (Å²) in [6, 6.07) is 5.84. The third-order valence-corrected chi connectivity index (χ3v) is 3.56. The summed E-state index contributed by atoms with van der Waals surface area (Å²) in [6.07, 6.45) is 0.725. The average Bonchev–Trinajstić information content (AvgIpc) is 2.47. The Morgan fingerprint density at radius 2 is 2.20 bits per heavy atom. The standard InChI is InChI=1S/C15H17N3O2/c1-9-3-4-11(13(7-9)20-2)14-17-12-8-16-6-5-10(12)15(19)18-14/h3-4,7,16H,5-6,8H2,1-2H3,(H,17,18,19). The van der Waals surface area contributed by atoms with Gasteiger partial charge in [-0.15, -0.1) is 0 Å². The van der Waals surface area contributed by atoms with Crippen molar-refractivity contribution in [1.29, 1.82) is 0 Å². The molecule has 0 saturated carbocycles. The molecular formula is C15H17N3O2. The van der Waals surface area contributed by atoms with Crippen LogP contribution in [0, 0.1) is 6.92 Å². The average molecular weight is 271 g/mol. The number of methoxy groups -OCH3 is 1. The van der Waals surface area contributed by atoms with Gasteiger partial charge in [0.25, 0.3) is 5.56 Å². The molecule has 0 atom stereocenters. The van der Waals surface area contributed by atoms with Crippen molar-refractivity contribution in [1.82, 2.24) is 15.3 Å². The predicted octanol–water partition coefficient (Wildman–Crippen LogP) is 1.40. The molecule has 3 rings (SSSR count). The number of H-pyrrole nitrogens is 1. The lowest BCUT2D eigenvalue weighted by atomic mass is 10.1. The van der Waals surface area contributed by atoms with Crippen LogP contribution in [0.25, 0.3) is 11.4 Å². The van der Waals surface area contributed by atoms with Crippen LogP contribution in [0.3, 0.4) is 0 Å². The summed E-state index contributed by atoms with van der Waals surface area (Å²) in [5.41, 5.74) is 3.49. The van der Waals surface area contributed by atoms with Crippen LogP contribution in [0.1, 0.15) is 16.8 Å². The van der Waals surface area contributed by atoms with Crippen LogP contribution in [0.15, 0.2) is 23.0 Å². The summed E-state index contributed by atoms with van der Waals surface area (Å²) >= 11 is 0. The van der Waals surface area contributed by atoms with Gasteiger partial charge in [-0.1, -0.05) is 6.07 Å². The fourth-order valence-corrected chi connectivity index (χ4v) is 2.49. The molecule has 104 valence electrons. The molecule has 0 radical (unpaired) electrons. The van der Waals surface area contributed by atoms with Crippen molar-refractivity contribution in [2.75, 3.05) is 13.7 Å². The highest BCUT2D eigenvalue weighted by Gasteiger charge is 2.17. The van der Waals surface area contributed by atoms with Crippen LogP contribution in [-0.4, -0.2) is 23.6 Å². The van der Waals surface area contributed by atoms with Crippen molar-refractivity contribution in [3.05, 3.63) is 45.4 Å². The Morgan fingerprint density at radius 3 is 3.00 bits per heavy atom. The quantitative estimate of drug-likeness (QED) is 0.866. The first-order valence-electron chi connectivity index (χ1n) is 6.67. The SMILES string of the molecule is COc1cc(C)ccc1-c1nc2c(c(=O)[nH]1)CCNC2. The minimum Gasteiger partial charge on any atom is -0.496 e. The molecule has 2 heterocycles. The van der Waals surface area contributed by atoms with E-state index < -0.39 is 0 Å². The molecule has 2 N–H and O–H groups in total. The zero-order chi connectivity index (χ0) is 14.1. The van der Waals surface area contributed by atoms with E-state index in [-0.39, 0.29) is 5.56 Å². The van der Waals surface area contributed by atoms with E-state index in [2.05, 4.69) is 15.3 Å². The van der Waals surface area contributed by atoms with E-state index >= 15 is 0 Å². The largest absolute Gasteiger partial charge is 0.496 e. The first-order valence-corrected chi connectivity index (χ1v) is 6.67. The summed E-state index contributed by atoms with van der Waals surface area (Å²) in [5, 5.41) is 3.24. The molecule has 20 heavy (non-hydrogen) atoms. The number of hydrogen-bond acceptors (Lipinski definition) is 4. The van der Waals surface area contributed by atoms with Gasteiger partial charge in [-0.25, -0.2) is 4.98 Å². The molecule has 0 fully saturated rings. The second-order valence-electron chi connectivity index (χ2n) is 4.97. The second-order valence-corrected chi connectivity index (χ2v) is 4.97. The smallest absolute Gasteiger partial charge is 0.254 e. The lowest BCUT2D eigenvalue weighted by Crippen LogP contribution is -2.31. The van der Waals surface area contributed by atoms with Gasteiger partial charge in [0.05, 0.1) is 18.4 Å². The van der Waals surface area contributed by atoms with E-state index in [0.29, 0.717) is 12.4 Å². The van der Waals surface area contributed by atoms with E-state index in [4.69, 9.17) is 4.74 Å². The van der Waals surface area contributed by atoms with E-state index in [1.165, 1.54) is 0 Å². The first-order chi connectivity index (χ1) is 9.69. The Kier molecular flexibility index (Phi) is 3.28. The first kappa shape index (κ1) is 12.9. The Morgan fingerprint density at radius 1 is 1.35 bits per heavy atom. The van der Waals surface area contributed by atoms with Crippen molar-refractivity contribution in [3.63, 3.8) is 0 Å². The van der Waals surface area contributed by atoms with Crippen molar-refractivity contribution < 1.29 is 4.74 Å². The Hall–Kier alpha value is -2.14. The van der Waals surface area contributed by atoms with E-state index in [1.54, 1.807) is 7.11 Å². The molecule has 0 spiro atoms. The molecule has 5 nitrogen and oxygen atoms in total. The number of fused-ring (bicyclic) bond motifs is 1. The zero-order valence-electron chi connectivity index (χ0n) is 11.6. The number of benzene rings is 1. The number of aromatic nitrogens is 2. The Balaban J connectivity index is 2.16. The molecule has 0 saturated heterocycles. The summed E-state index contributed by atoms with van der Waals surface area (Å²) in [4.78, 5) is 19.6. The second kappa shape index (κ2) is 5.09. The van der Waals surface area contributed by atoms with Gasteiger partial charge in [0.15, 0.2) is 0 Å². The maximum atomic E-state index is 12.2. The number of aryl methyl sites for hydroxylation is 1. The molecule has 2 aromatic rings. The number of aromatic amines is 1. The number of hydrogen-bond donors (Lipinski definition) is 2. The van der Waals surface area contributed by atoms with Gasteiger partial charge >= 0.3 is 0 Å². The summed E-state index contributed by atoms with van der Waals surface area (Å²) in [5.74, 6) is 1.28. The lowest BCUT2D eigenvalue weighted by Gasteiger charge is -2.16. The number of nitrogens with zero attached hydrogens (tertiary/aromatic N) is 1. The van der Waals surface area contributed by atoms with Crippen LogP contribution >= 0.6 is 0 Å². The third-order valence-electron chi connectivity index (χ3n) is 3.56. The molecule has 1 aromatic carbocycles. The maximum Gasteiger partial charge on any atom is 0.254 e. The van der Waals surface area contributed by atoms with Crippen molar-refractivity contribution in [2.24, 2.45) is 0 Å². The summed E-state index contributed by atoms with van der Waals surface area (Å²) in [7, 11) is 1.62. The number of ether oxygens (including phenoxy) is 1. The van der Waals surface area contributed by atoms with Gasteiger partial charge < -0.3 is 15.0 Å². The fraction of sp³-hybridized carbons (Fsp3) is 0.333. The monoisotopic (exact) mass is 271 g/mol. The lowest BCUT2D eigenvalue weighted by molar-refractivity contribution is 0.415. The molecule has 1 aliphatic heterocycles. The highest BCUT2D eigenvalue weighted by atomic mass is 16.5. The molecule has 5 heteroatoms. The zero-order valence-corrected chi connectivity index (χ0v) is 11.6. The molecule has 0 aliphatic carbocycles. The van der Waals surface area contributed by atoms with E-state index in [0.717, 1.165) is 41.1 Å². The number of rotatable bonds is 2. The van der Waals surface area contributed by atoms with Crippen LogP contribution in [-0.2, 0) is 13.0 Å².